The number of hydrogen-bond donors (Lipinski definition) is 1. The molecular weight excluding hydrogens is 266 g/mol. The van der Waals surface area contributed by atoms with Gasteiger partial charge in [0.15, 0.2) is 0 Å². The highest BCUT2D eigenvalue weighted by Crippen LogP contribution is 2.21. The molecule has 1 heterocycles. The van der Waals surface area contributed by atoms with Crippen LogP contribution in [0.2, 0.25) is 5.02 Å². The van der Waals surface area contributed by atoms with Gasteiger partial charge >= 0.3 is 0 Å². The Morgan fingerprint density at radius 3 is 2.94 bits per heavy atom. The van der Waals surface area contributed by atoms with Crippen LogP contribution in [0, 0.1) is 0 Å². The highest BCUT2D eigenvalue weighted by atomic mass is 35.5. The lowest BCUT2D eigenvalue weighted by molar-refractivity contribution is 0.809. The largest absolute Gasteiger partial charge is 0.389 e. The Morgan fingerprint density at radius 2 is 2.28 bits per heavy atom. The molecule has 18 heavy (non-hydrogen) atoms. The van der Waals surface area contributed by atoms with E-state index in [0.29, 0.717) is 10.0 Å². The molecule has 2 aromatic rings. The summed E-state index contributed by atoms with van der Waals surface area (Å²) in [6.07, 6.45) is 5.64. The second-order valence-corrected chi connectivity index (χ2v) is 4.87. The van der Waals surface area contributed by atoms with Crippen molar-refractivity contribution >= 4 is 28.8 Å². The summed E-state index contributed by atoms with van der Waals surface area (Å²) in [5.41, 5.74) is 7.45. The van der Waals surface area contributed by atoms with Crippen molar-refractivity contribution in [3.05, 3.63) is 47.0 Å². The second kappa shape index (κ2) is 5.50. The minimum atomic E-state index is 0.337. The Bertz CT molecular complexity index is 577. The maximum absolute atomic E-state index is 5.98. The highest BCUT2D eigenvalue weighted by molar-refractivity contribution is 7.80. The van der Waals surface area contributed by atoms with Gasteiger partial charge in [0.05, 0.1) is 5.69 Å². The molecule has 1 aromatic carbocycles. The second-order valence-electron chi connectivity index (χ2n) is 3.99. The van der Waals surface area contributed by atoms with Crippen molar-refractivity contribution in [2.45, 2.75) is 19.8 Å². The lowest BCUT2D eigenvalue weighted by Crippen LogP contribution is -2.14. The van der Waals surface area contributed by atoms with E-state index in [1.807, 2.05) is 22.9 Å². The van der Waals surface area contributed by atoms with Gasteiger partial charge in [-0.3, -0.25) is 0 Å². The van der Waals surface area contributed by atoms with Crippen LogP contribution in [0.15, 0.2) is 30.6 Å². The first-order chi connectivity index (χ1) is 8.63. The highest BCUT2D eigenvalue weighted by Gasteiger charge is 2.11. The van der Waals surface area contributed by atoms with Crippen LogP contribution in [0.1, 0.15) is 24.7 Å². The van der Waals surface area contributed by atoms with Crippen LogP contribution < -0.4 is 5.73 Å². The standard InChI is InChI=1S/C13H14ClN3S/c1-2-3-12-16-6-7-17(12)11-5-4-9(14)8-10(11)13(15)18/h4-8H,2-3H2,1H3,(H2,15,18). The molecule has 2 N–H and O–H groups in total. The maximum Gasteiger partial charge on any atom is 0.113 e. The van der Waals surface area contributed by atoms with Crippen LogP contribution in [0.25, 0.3) is 5.69 Å². The molecular formula is C13H14ClN3S. The zero-order valence-electron chi connectivity index (χ0n) is 10.1. The van der Waals surface area contributed by atoms with Gasteiger partial charge < -0.3 is 10.3 Å². The minimum Gasteiger partial charge on any atom is -0.389 e. The SMILES string of the molecule is CCCc1nccn1-c1ccc(Cl)cc1C(N)=S. The molecule has 3 nitrogen and oxygen atoms in total. The predicted molar refractivity (Wildman–Crippen MR) is 78.5 cm³/mol. The quantitative estimate of drug-likeness (QED) is 0.875. The number of nitrogens with two attached hydrogens (primary N) is 1. The smallest absolute Gasteiger partial charge is 0.113 e. The first-order valence-electron chi connectivity index (χ1n) is 5.75. The molecule has 0 aliphatic heterocycles. The summed E-state index contributed by atoms with van der Waals surface area (Å²) in [5, 5.41) is 0.624. The molecule has 5 heteroatoms. The van der Waals surface area contributed by atoms with Crippen LogP contribution in [-0.4, -0.2) is 14.5 Å². The van der Waals surface area contributed by atoms with Gasteiger partial charge in [-0.25, -0.2) is 4.98 Å². The van der Waals surface area contributed by atoms with E-state index in [2.05, 4.69) is 11.9 Å². The van der Waals surface area contributed by atoms with E-state index in [0.717, 1.165) is 29.9 Å². The van der Waals surface area contributed by atoms with Crippen molar-refractivity contribution in [3.8, 4) is 5.69 Å². The van der Waals surface area contributed by atoms with E-state index < -0.39 is 0 Å². The van der Waals surface area contributed by atoms with Crippen LogP contribution >= 0.6 is 23.8 Å². The summed E-state index contributed by atoms with van der Waals surface area (Å²) >= 11 is 11.1. The minimum absolute atomic E-state index is 0.337. The van der Waals surface area contributed by atoms with Crippen LogP contribution in [0.4, 0.5) is 0 Å². The molecule has 0 aliphatic carbocycles. The van der Waals surface area contributed by atoms with Gasteiger partial charge in [0.25, 0.3) is 0 Å². The number of hydrogen-bond acceptors (Lipinski definition) is 2. The zero-order valence-corrected chi connectivity index (χ0v) is 11.6. The lowest BCUT2D eigenvalue weighted by atomic mass is 10.1. The monoisotopic (exact) mass is 279 g/mol. The Labute approximate surface area is 117 Å². The van der Waals surface area contributed by atoms with Gasteiger partial charge in [-0.05, 0) is 24.6 Å². The molecule has 0 saturated heterocycles. The first-order valence-corrected chi connectivity index (χ1v) is 6.54. The summed E-state index contributed by atoms with van der Waals surface area (Å²) in [7, 11) is 0. The van der Waals surface area contributed by atoms with Crippen molar-refractivity contribution in [1.82, 2.24) is 9.55 Å². The van der Waals surface area contributed by atoms with Crippen molar-refractivity contribution in [2.75, 3.05) is 0 Å². The fraction of sp³-hybridized carbons (Fsp3) is 0.231. The van der Waals surface area contributed by atoms with Crippen molar-refractivity contribution in [3.63, 3.8) is 0 Å². The lowest BCUT2D eigenvalue weighted by Gasteiger charge is -2.12. The van der Waals surface area contributed by atoms with Gasteiger partial charge in [0.1, 0.15) is 10.8 Å². The van der Waals surface area contributed by atoms with Gasteiger partial charge in [-0.2, -0.15) is 0 Å². The van der Waals surface area contributed by atoms with Gasteiger partial charge in [-0.1, -0.05) is 30.7 Å². The molecule has 94 valence electrons. The number of halogens is 1. The maximum atomic E-state index is 5.98. The Morgan fingerprint density at radius 1 is 1.50 bits per heavy atom. The topological polar surface area (TPSA) is 43.8 Å². The average molecular weight is 280 g/mol. The predicted octanol–water partition coefficient (Wildman–Crippen LogP) is 3.11. The molecule has 0 amide bonds. The Hall–Kier alpha value is -1.39. The molecule has 0 atom stereocenters. The van der Waals surface area contributed by atoms with Gasteiger partial charge in [0, 0.05) is 29.4 Å². The van der Waals surface area contributed by atoms with Gasteiger partial charge in [-0.15, -0.1) is 0 Å². The van der Waals surface area contributed by atoms with Crippen molar-refractivity contribution in [2.24, 2.45) is 5.73 Å². The van der Waals surface area contributed by atoms with E-state index in [1.165, 1.54) is 0 Å². The first kappa shape index (κ1) is 13.1. The third-order valence-corrected chi connectivity index (χ3v) is 3.13. The van der Waals surface area contributed by atoms with E-state index >= 15 is 0 Å². The number of benzene rings is 1. The molecule has 2 rings (SSSR count). The Balaban J connectivity index is 2.56. The summed E-state index contributed by atoms with van der Waals surface area (Å²) < 4.78 is 2.01. The summed E-state index contributed by atoms with van der Waals surface area (Å²) in [4.78, 5) is 4.69. The molecule has 0 aliphatic rings. The summed E-state index contributed by atoms with van der Waals surface area (Å²) in [6, 6.07) is 5.53. The number of aromatic nitrogens is 2. The van der Waals surface area contributed by atoms with Crippen molar-refractivity contribution < 1.29 is 0 Å². The van der Waals surface area contributed by atoms with E-state index in [9.17, 15) is 0 Å². The van der Waals surface area contributed by atoms with Crippen LogP contribution in [0.5, 0.6) is 0 Å². The molecule has 0 fully saturated rings. The average Bonchev–Trinajstić information content (AvgIpc) is 2.77. The van der Waals surface area contributed by atoms with E-state index in [4.69, 9.17) is 29.6 Å². The molecule has 0 spiro atoms. The number of thiocarbonyl (C=S) groups is 1. The van der Waals surface area contributed by atoms with E-state index in [1.54, 1.807) is 12.3 Å². The molecule has 0 unspecified atom stereocenters. The van der Waals surface area contributed by atoms with Crippen LogP contribution in [0.3, 0.4) is 0 Å². The third kappa shape index (κ3) is 2.54. The summed E-state index contributed by atoms with van der Waals surface area (Å²) in [5.74, 6) is 0.998. The summed E-state index contributed by atoms with van der Waals surface area (Å²) in [6.45, 7) is 2.12. The third-order valence-electron chi connectivity index (χ3n) is 2.67. The van der Waals surface area contributed by atoms with Gasteiger partial charge in [0.2, 0.25) is 0 Å². The molecule has 1 aromatic heterocycles. The molecule has 0 radical (unpaired) electrons. The molecule has 0 saturated carbocycles. The van der Waals surface area contributed by atoms with Crippen LogP contribution in [-0.2, 0) is 6.42 Å². The number of rotatable bonds is 4. The van der Waals surface area contributed by atoms with Crippen molar-refractivity contribution in [1.29, 1.82) is 0 Å². The zero-order chi connectivity index (χ0) is 13.1. The fourth-order valence-corrected chi connectivity index (χ4v) is 2.21. The Kier molecular flexibility index (Phi) is 3.99. The number of aryl methyl sites for hydroxylation is 1. The normalized spacial score (nSPS) is 10.6. The number of imidazole rings is 1. The molecule has 0 bridgehead atoms. The fourth-order valence-electron chi connectivity index (χ4n) is 1.88. The number of nitrogens with zero attached hydrogens (tertiary/aromatic N) is 2. The van der Waals surface area contributed by atoms with E-state index in [-0.39, 0.29) is 0 Å².